The first-order chi connectivity index (χ1) is 12.4. The van der Waals surface area contributed by atoms with Gasteiger partial charge in [-0.15, -0.1) is 0 Å². The number of aryl methyl sites for hydroxylation is 1. The molecule has 8 nitrogen and oxygen atoms in total. The third kappa shape index (κ3) is 3.69. The van der Waals surface area contributed by atoms with Gasteiger partial charge in [0.2, 0.25) is 5.91 Å². The molecule has 26 heavy (non-hydrogen) atoms. The Morgan fingerprint density at radius 1 is 1.15 bits per heavy atom. The number of nitrogens with one attached hydrogen (secondary N) is 2. The van der Waals surface area contributed by atoms with Crippen molar-refractivity contribution in [3.05, 3.63) is 75.5 Å². The maximum atomic E-state index is 12.1. The number of fused-ring (bicyclic) bond motifs is 1. The molecule has 1 aromatic heterocycles. The van der Waals surface area contributed by atoms with E-state index in [1.807, 2.05) is 25.1 Å². The number of nitro groups is 1. The van der Waals surface area contributed by atoms with Crippen LogP contribution in [0.25, 0.3) is 11.0 Å². The number of nitro benzene ring substituents is 1. The van der Waals surface area contributed by atoms with E-state index in [1.54, 1.807) is 0 Å². The summed E-state index contributed by atoms with van der Waals surface area (Å²) in [7, 11) is 0. The molecule has 0 saturated heterocycles. The van der Waals surface area contributed by atoms with Crippen molar-refractivity contribution in [1.29, 1.82) is 0 Å². The van der Waals surface area contributed by atoms with Crippen molar-refractivity contribution in [3.63, 3.8) is 0 Å². The standard InChI is InChI=1S/C18H15N3O5/c1-11-5-6-15-13(10-26-16(15)7-11)9-17(22)19-20-18(23)12-3-2-4-14(8-12)21(24)25/h2-8,10H,9H2,1H3,(H,19,22)(H,20,23). The summed E-state index contributed by atoms with van der Waals surface area (Å²) >= 11 is 0. The van der Waals surface area contributed by atoms with Crippen LogP contribution in [0.5, 0.6) is 0 Å². The minimum Gasteiger partial charge on any atom is -0.464 e. The van der Waals surface area contributed by atoms with Gasteiger partial charge < -0.3 is 4.42 Å². The molecule has 8 heteroatoms. The molecule has 0 aliphatic carbocycles. The monoisotopic (exact) mass is 353 g/mol. The van der Waals surface area contributed by atoms with Crippen LogP contribution in [0.3, 0.4) is 0 Å². The summed E-state index contributed by atoms with van der Waals surface area (Å²) in [5.41, 5.74) is 6.84. The fraction of sp³-hybridized carbons (Fsp3) is 0.111. The van der Waals surface area contributed by atoms with E-state index in [9.17, 15) is 19.7 Å². The molecule has 132 valence electrons. The van der Waals surface area contributed by atoms with Gasteiger partial charge in [0.25, 0.3) is 11.6 Å². The molecule has 3 aromatic rings. The first-order valence-electron chi connectivity index (χ1n) is 7.74. The Kier molecular flexibility index (Phi) is 4.66. The van der Waals surface area contributed by atoms with Crippen molar-refractivity contribution < 1.29 is 18.9 Å². The molecule has 1 heterocycles. The highest BCUT2D eigenvalue weighted by molar-refractivity contribution is 5.96. The lowest BCUT2D eigenvalue weighted by molar-refractivity contribution is -0.384. The van der Waals surface area contributed by atoms with Crippen LogP contribution >= 0.6 is 0 Å². The number of nitrogens with zero attached hydrogens (tertiary/aromatic N) is 1. The molecule has 0 radical (unpaired) electrons. The van der Waals surface area contributed by atoms with Gasteiger partial charge in [0.05, 0.1) is 17.6 Å². The Hall–Kier alpha value is -3.68. The number of amides is 2. The summed E-state index contributed by atoms with van der Waals surface area (Å²) in [5.74, 6) is -1.08. The van der Waals surface area contributed by atoms with E-state index in [4.69, 9.17) is 4.42 Å². The fourth-order valence-electron chi connectivity index (χ4n) is 2.50. The highest BCUT2D eigenvalue weighted by Crippen LogP contribution is 2.22. The number of benzene rings is 2. The lowest BCUT2D eigenvalue weighted by Crippen LogP contribution is -2.42. The van der Waals surface area contributed by atoms with Crippen molar-refractivity contribution in [3.8, 4) is 0 Å². The maximum absolute atomic E-state index is 12.1. The third-order valence-electron chi connectivity index (χ3n) is 3.80. The molecule has 0 atom stereocenters. The second kappa shape index (κ2) is 7.06. The van der Waals surface area contributed by atoms with Crippen molar-refractivity contribution in [2.45, 2.75) is 13.3 Å². The normalized spacial score (nSPS) is 10.5. The summed E-state index contributed by atoms with van der Waals surface area (Å²) in [4.78, 5) is 34.2. The van der Waals surface area contributed by atoms with E-state index in [0.717, 1.165) is 17.0 Å². The Labute approximate surface area is 147 Å². The molecule has 0 fully saturated rings. The predicted molar refractivity (Wildman–Crippen MR) is 93.4 cm³/mol. The van der Waals surface area contributed by atoms with Gasteiger partial charge in [0.15, 0.2) is 0 Å². The minimum atomic E-state index is -0.644. The van der Waals surface area contributed by atoms with Gasteiger partial charge in [-0.25, -0.2) is 0 Å². The number of carbonyl (C=O) groups excluding carboxylic acids is 2. The summed E-state index contributed by atoms with van der Waals surface area (Å²) in [6, 6.07) is 10.9. The van der Waals surface area contributed by atoms with Crippen LogP contribution in [-0.2, 0) is 11.2 Å². The first-order valence-corrected chi connectivity index (χ1v) is 7.74. The second-order valence-corrected chi connectivity index (χ2v) is 5.75. The predicted octanol–water partition coefficient (Wildman–Crippen LogP) is 2.65. The zero-order valence-electron chi connectivity index (χ0n) is 13.8. The fourth-order valence-corrected chi connectivity index (χ4v) is 2.50. The highest BCUT2D eigenvalue weighted by Gasteiger charge is 2.14. The summed E-state index contributed by atoms with van der Waals surface area (Å²) in [5, 5.41) is 11.6. The van der Waals surface area contributed by atoms with Crippen LogP contribution in [0.1, 0.15) is 21.5 Å². The summed E-state index contributed by atoms with van der Waals surface area (Å²) < 4.78 is 5.43. The van der Waals surface area contributed by atoms with E-state index in [0.29, 0.717) is 11.1 Å². The Morgan fingerprint density at radius 2 is 1.96 bits per heavy atom. The largest absolute Gasteiger partial charge is 0.464 e. The third-order valence-corrected chi connectivity index (χ3v) is 3.80. The van der Waals surface area contributed by atoms with E-state index in [1.165, 1.54) is 24.5 Å². The Bertz CT molecular complexity index is 1010. The number of carbonyl (C=O) groups is 2. The molecule has 0 aliphatic rings. The number of furan rings is 1. The van der Waals surface area contributed by atoms with Crippen molar-refractivity contribution in [1.82, 2.24) is 10.9 Å². The second-order valence-electron chi connectivity index (χ2n) is 5.75. The lowest BCUT2D eigenvalue weighted by atomic mass is 10.1. The average molecular weight is 353 g/mol. The molecule has 2 aromatic carbocycles. The maximum Gasteiger partial charge on any atom is 0.270 e. The number of hydrogen-bond donors (Lipinski definition) is 2. The zero-order valence-corrected chi connectivity index (χ0v) is 13.8. The highest BCUT2D eigenvalue weighted by atomic mass is 16.6. The average Bonchev–Trinajstić information content (AvgIpc) is 3.01. The van der Waals surface area contributed by atoms with Gasteiger partial charge in [-0.3, -0.25) is 30.6 Å². The van der Waals surface area contributed by atoms with Crippen molar-refractivity contribution in [2.24, 2.45) is 0 Å². The summed E-state index contributed by atoms with van der Waals surface area (Å²) in [6.07, 6.45) is 1.53. The smallest absolute Gasteiger partial charge is 0.270 e. The van der Waals surface area contributed by atoms with E-state index >= 15 is 0 Å². The van der Waals surface area contributed by atoms with Gasteiger partial charge in [-0.2, -0.15) is 0 Å². The molecular weight excluding hydrogens is 338 g/mol. The first kappa shape index (κ1) is 17.2. The molecule has 2 amide bonds. The topological polar surface area (TPSA) is 114 Å². The molecule has 3 rings (SSSR count). The lowest BCUT2D eigenvalue weighted by Gasteiger charge is -2.07. The molecule has 0 saturated carbocycles. The van der Waals surface area contributed by atoms with Crippen LogP contribution in [0.15, 0.2) is 53.1 Å². The quantitative estimate of drug-likeness (QED) is 0.553. The number of rotatable bonds is 4. The van der Waals surface area contributed by atoms with E-state index in [2.05, 4.69) is 10.9 Å². The van der Waals surface area contributed by atoms with Gasteiger partial charge in [-0.1, -0.05) is 18.2 Å². The Morgan fingerprint density at radius 3 is 2.73 bits per heavy atom. The minimum absolute atomic E-state index is 0.0191. The Balaban J connectivity index is 1.62. The molecule has 2 N–H and O–H groups in total. The molecular formula is C18H15N3O5. The molecule has 0 spiro atoms. The van der Waals surface area contributed by atoms with E-state index in [-0.39, 0.29) is 17.7 Å². The number of non-ortho nitro benzene ring substituents is 1. The van der Waals surface area contributed by atoms with Gasteiger partial charge in [0.1, 0.15) is 5.58 Å². The number of hydrazine groups is 1. The zero-order chi connectivity index (χ0) is 18.7. The summed E-state index contributed by atoms with van der Waals surface area (Å²) in [6.45, 7) is 1.94. The van der Waals surface area contributed by atoms with Gasteiger partial charge >= 0.3 is 0 Å². The van der Waals surface area contributed by atoms with Crippen LogP contribution in [0.4, 0.5) is 5.69 Å². The van der Waals surface area contributed by atoms with Crippen LogP contribution < -0.4 is 10.9 Å². The number of hydrogen-bond acceptors (Lipinski definition) is 5. The molecule has 0 unspecified atom stereocenters. The van der Waals surface area contributed by atoms with Gasteiger partial charge in [0, 0.05) is 28.6 Å². The SMILES string of the molecule is Cc1ccc2c(CC(=O)NNC(=O)c3cccc([N+](=O)[O-])c3)coc2c1. The van der Waals surface area contributed by atoms with Crippen LogP contribution in [-0.4, -0.2) is 16.7 Å². The van der Waals surface area contributed by atoms with Crippen molar-refractivity contribution in [2.75, 3.05) is 0 Å². The molecule has 0 aliphatic heterocycles. The van der Waals surface area contributed by atoms with Gasteiger partial charge in [-0.05, 0) is 24.6 Å². The van der Waals surface area contributed by atoms with Crippen LogP contribution in [0.2, 0.25) is 0 Å². The van der Waals surface area contributed by atoms with Crippen LogP contribution in [0, 0.1) is 17.0 Å². The van der Waals surface area contributed by atoms with E-state index < -0.39 is 16.7 Å². The molecule has 0 bridgehead atoms. The van der Waals surface area contributed by atoms with Crippen molar-refractivity contribution >= 4 is 28.5 Å².